The minimum Gasteiger partial charge on any atom is -0.454 e. The number of piperidine rings is 1. The van der Waals surface area contributed by atoms with E-state index in [1.54, 1.807) is 0 Å². The smallest absolute Gasteiger partial charge is 0.261 e. The van der Waals surface area contributed by atoms with Gasteiger partial charge in [-0.2, -0.15) is 0 Å². The van der Waals surface area contributed by atoms with E-state index in [0.29, 0.717) is 5.92 Å². The molecule has 2 aliphatic carbocycles. The topological polar surface area (TPSA) is 97.0 Å². The maximum Gasteiger partial charge on any atom is 0.261 e. The fraction of sp³-hybridized carbons (Fsp3) is 0.552. The van der Waals surface area contributed by atoms with Crippen LogP contribution in [0.4, 0.5) is 0 Å². The van der Waals surface area contributed by atoms with Crippen LogP contribution in [0.25, 0.3) is 0 Å². The van der Waals surface area contributed by atoms with Gasteiger partial charge >= 0.3 is 0 Å². The van der Waals surface area contributed by atoms with Crippen LogP contribution in [0.1, 0.15) is 66.9 Å². The zero-order valence-electron chi connectivity index (χ0n) is 20.7. The van der Waals surface area contributed by atoms with E-state index in [4.69, 9.17) is 15.2 Å². The first kappa shape index (κ1) is 22.6. The molecule has 36 heavy (non-hydrogen) atoms. The number of amides is 1. The van der Waals surface area contributed by atoms with Gasteiger partial charge in [-0.25, -0.2) is 0 Å². The highest BCUT2D eigenvalue weighted by molar-refractivity contribution is 5.91. The number of ether oxygens (including phenoxy) is 2. The fourth-order valence-electron chi connectivity index (χ4n) is 7.38. The van der Waals surface area contributed by atoms with E-state index in [2.05, 4.69) is 29.6 Å². The van der Waals surface area contributed by atoms with Crippen molar-refractivity contribution >= 4 is 5.91 Å². The Balaban J connectivity index is 1.23. The van der Waals surface area contributed by atoms with Gasteiger partial charge in [0.25, 0.3) is 5.91 Å². The van der Waals surface area contributed by atoms with Crippen LogP contribution >= 0.6 is 0 Å². The lowest BCUT2D eigenvalue weighted by molar-refractivity contribution is -0.171. The molecular weight excluding hydrogens is 454 g/mol. The first-order valence-corrected chi connectivity index (χ1v) is 13.5. The number of nitrogens with one attached hydrogen (secondary N) is 1. The zero-order valence-corrected chi connectivity index (χ0v) is 20.7. The summed E-state index contributed by atoms with van der Waals surface area (Å²) in [7, 11) is 0. The maximum atomic E-state index is 14.3. The normalized spacial score (nSPS) is 32.9. The number of aryl methyl sites for hydroxylation is 2. The van der Waals surface area contributed by atoms with Gasteiger partial charge in [0, 0.05) is 24.6 Å². The molecule has 0 bridgehead atoms. The molecule has 7 nitrogen and oxygen atoms in total. The van der Waals surface area contributed by atoms with Crippen molar-refractivity contribution in [2.24, 2.45) is 17.6 Å². The summed E-state index contributed by atoms with van der Waals surface area (Å²) < 4.78 is 11.0. The van der Waals surface area contributed by atoms with Gasteiger partial charge in [0.05, 0.1) is 5.54 Å². The summed E-state index contributed by atoms with van der Waals surface area (Å²) in [5.41, 5.74) is 9.01. The van der Waals surface area contributed by atoms with E-state index in [1.807, 2.05) is 17.0 Å². The van der Waals surface area contributed by atoms with Crippen LogP contribution in [0.3, 0.4) is 0 Å². The van der Waals surface area contributed by atoms with Gasteiger partial charge in [0.15, 0.2) is 17.1 Å². The molecule has 3 unspecified atom stereocenters. The number of nitrogens with two attached hydrogens (primary N) is 1. The molecule has 2 aromatic rings. The summed E-state index contributed by atoms with van der Waals surface area (Å²) in [5.74, 6) is 1.77. The third kappa shape index (κ3) is 3.25. The summed E-state index contributed by atoms with van der Waals surface area (Å²) in [6, 6.07) is 12.3. The molecule has 4 N–H and O–H groups in total. The first-order chi connectivity index (χ1) is 17.5. The Hall–Kier alpha value is -2.61. The highest BCUT2D eigenvalue weighted by atomic mass is 16.7. The van der Waals surface area contributed by atoms with Crippen LogP contribution in [0.15, 0.2) is 36.4 Å². The van der Waals surface area contributed by atoms with E-state index in [1.165, 1.54) is 12.0 Å². The number of rotatable bonds is 5. The SMILES string of the molecule is NC1c2ccc(CCc3ccc4c(c3)OCO4)cc2C(O)(C2CCCCC2)C(=O)N1C12CNC[C@@H]1C2. The minimum absolute atomic E-state index is 0.0698. The molecule has 0 spiro atoms. The Labute approximate surface area is 211 Å². The molecule has 0 radical (unpaired) electrons. The molecule has 5 aliphatic rings. The van der Waals surface area contributed by atoms with E-state index >= 15 is 0 Å². The number of nitrogens with zero attached hydrogens (tertiary/aromatic N) is 1. The molecule has 7 heteroatoms. The molecule has 3 fully saturated rings. The van der Waals surface area contributed by atoms with Crippen molar-refractivity contribution in [3.05, 3.63) is 58.7 Å². The molecule has 2 saturated carbocycles. The van der Waals surface area contributed by atoms with Gasteiger partial charge in [-0.05, 0) is 66.8 Å². The fourth-order valence-corrected chi connectivity index (χ4v) is 7.38. The number of aliphatic hydroxyl groups is 1. The molecule has 2 aromatic carbocycles. The molecule has 1 amide bonds. The molecular formula is C29H35N3O4. The maximum absolute atomic E-state index is 14.3. The second-order valence-electron chi connectivity index (χ2n) is 11.5. The summed E-state index contributed by atoms with van der Waals surface area (Å²) in [4.78, 5) is 16.2. The Morgan fingerprint density at radius 3 is 2.50 bits per heavy atom. The van der Waals surface area contributed by atoms with E-state index in [0.717, 1.165) is 86.2 Å². The third-order valence-corrected chi connectivity index (χ3v) is 9.51. The van der Waals surface area contributed by atoms with E-state index in [9.17, 15) is 9.90 Å². The van der Waals surface area contributed by atoms with E-state index in [-0.39, 0.29) is 24.2 Å². The number of carbonyl (C=O) groups excluding carboxylic acids is 1. The molecule has 4 atom stereocenters. The van der Waals surface area contributed by atoms with Crippen LogP contribution in [-0.4, -0.2) is 41.3 Å². The van der Waals surface area contributed by atoms with Crippen LogP contribution in [0.5, 0.6) is 11.5 Å². The predicted molar refractivity (Wildman–Crippen MR) is 134 cm³/mol. The van der Waals surface area contributed by atoms with Crippen LogP contribution in [0, 0.1) is 11.8 Å². The molecule has 190 valence electrons. The molecule has 1 saturated heterocycles. The quantitative estimate of drug-likeness (QED) is 0.597. The lowest BCUT2D eigenvalue weighted by Gasteiger charge is -2.50. The number of hydrogen-bond donors (Lipinski definition) is 3. The Morgan fingerprint density at radius 1 is 1.00 bits per heavy atom. The number of benzene rings is 2. The highest BCUT2D eigenvalue weighted by Crippen LogP contribution is 2.57. The van der Waals surface area contributed by atoms with Gasteiger partial charge in [0.1, 0.15) is 6.17 Å². The average Bonchev–Trinajstić information content (AvgIpc) is 3.22. The lowest BCUT2D eigenvalue weighted by Crippen LogP contribution is -2.63. The van der Waals surface area contributed by atoms with Crippen molar-refractivity contribution < 1.29 is 19.4 Å². The zero-order chi connectivity index (χ0) is 24.5. The number of fused-ring (bicyclic) bond motifs is 3. The minimum atomic E-state index is -1.51. The Kier molecular flexibility index (Phi) is 5.14. The van der Waals surface area contributed by atoms with Gasteiger partial charge in [-0.15, -0.1) is 0 Å². The Morgan fingerprint density at radius 2 is 1.75 bits per heavy atom. The standard InChI is InChI=1S/C29H35N3O4/c30-26-22-10-8-18(6-7-19-9-11-24-25(13-19)36-17-35-24)12-23(22)29(34,20-4-2-1-3-5-20)27(33)32(26)28-14-21(28)15-31-16-28/h8-13,20-21,26,31,34H,1-7,14-17,30H2/t21-,26?,28?,29?/m0/s1. The van der Waals surface area contributed by atoms with E-state index < -0.39 is 11.8 Å². The largest absolute Gasteiger partial charge is 0.454 e. The van der Waals surface area contributed by atoms with Gasteiger partial charge < -0.3 is 30.5 Å². The molecule has 7 rings (SSSR count). The van der Waals surface area contributed by atoms with Crippen molar-refractivity contribution in [1.29, 1.82) is 0 Å². The summed E-state index contributed by atoms with van der Waals surface area (Å²) in [6.07, 6.45) is 7.12. The number of hydrogen-bond acceptors (Lipinski definition) is 6. The van der Waals surface area contributed by atoms with Crippen LogP contribution in [0.2, 0.25) is 0 Å². The molecule has 3 aliphatic heterocycles. The van der Waals surface area contributed by atoms with Crippen LogP contribution in [-0.2, 0) is 23.2 Å². The molecule has 3 heterocycles. The third-order valence-electron chi connectivity index (χ3n) is 9.51. The summed E-state index contributed by atoms with van der Waals surface area (Å²) in [6.45, 7) is 1.96. The highest BCUT2D eigenvalue weighted by Gasteiger charge is 2.67. The monoisotopic (exact) mass is 489 g/mol. The van der Waals surface area contributed by atoms with Gasteiger partial charge in [0.2, 0.25) is 6.79 Å². The van der Waals surface area contributed by atoms with Crippen molar-refractivity contribution in [2.75, 3.05) is 19.9 Å². The van der Waals surface area contributed by atoms with Crippen molar-refractivity contribution in [2.45, 2.75) is 68.7 Å². The lowest BCUT2D eigenvalue weighted by atomic mass is 9.68. The van der Waals surface area contributed by atoms with Crippen molar-refractivity contribution in [3.63, 3.8) is 0 Å². The Bertz CT molecular complexity index is 1210. The van der Waals surface area contributed by atoms with Gasteiger partial charge in [-0.1, -0.05) is 43.5 Å². The summed E-state index contributed by atoms with van der Waals surface area (Å²) in [5, 5.41) is 15.9. The predicted octanol–water partition coefficient (Wildman–Crippen LogP) is 3.13. The molecule has 0 aromatic heterocycles. The van der Waals surface area contributed by atoms with Crippen LogP contribution < -0.4 is 20.5 Å². The summed E-state index contributed by atoms with van der Waals surface area (Å²) >= 11 is 0. The average molecular weight is 490 g/mol. The van der Waals surface area contributed by atoms with Gasteiger partial charge in [-0.3, -0.25) is 4.79 Å². The first-order valence-electron chi connectivity index (χ1n) is 13.5. The second-order valence-corrected chi connectivity index (χ2v) is 11.5. The van der Waals surface area contributed by atoms with Crippen molar-refractivity contribution in [3.8, 4) is 11.5 Å². The second kappa shape index (κ2) is 8.20. The number of carbonyl (C=O) groups is 1. The van der Waals surface area contributed by atoms with Crippen molar-refractivity contribution in [1.82, 2.24) is 10.2 Å².